The van der Waals surface area contributed by atoms with Crippen LogP contribution in [0, 0.1) is 21.7 Å². The van der Waals surface area contributed by atoms with Gasteiger partial charge in [-0.15, -0.1) is 11.8 Å². The molecule has 3 aromatic carbocycles. The molecule has 1 amide bonds. The fraction of sp³-hybridized carbons (Fsp3) is 0.267. The maximum absolute atomic E-state index is 13.9. The van der Waals surface area contributed by atoms with Gasteiger partial charge in [-0.3, -0.25) is 24.6 Å². The van der Waals surface area contributed by atoms with Crippen LogP contribution in [-0.2, 0) is 5.75 Å². The normalized spacial score (nSPS) is 14.6. The number of thioether (sulfide) groups is 1. The van der Waals surface area contributed by atoms with Crippen LogP contribution in [0.5, 0.6) is 0 Å². The molecule has 214 valence electrons. The third-order valence-corrected chi connectivity index (χ3v) is 7.81. The number of allylic oxidation sites excluding steroid dienone is 1. The minimum atomic E-state index is -0.976. The van der Waals surface area contributed by atoms with E-state index in [1.54, 1.807) is 36.4 Å². The number of benzene rings is 3. The van der Waals surface area contributed by atoms with E-state index in [1.807, 2.05) is 0 Å². The molecule has 0 unspecified atom stereocenters. The van der Waals surface area contributed by atoms with Crippen molar-refractivity contribution in [3.63, 3.8) is 0 Å². The summed E-state index contributed by atoms with van der Waals surface area (Å²) in [5.41, 5.74) is 1.08. The van der Waals surface area contributed by atoms with E-state index in [2.05, 4.69) is 22.2 Å². The summed E-state index contributed by atoms with van der Waals surface area (Å²) in [5, 5.41) is 14.1. The van der Waals surface area contributed by atoms with Gasteiger partial charge < -0.3 is 10.2 Å². The molecular formula is C30H30F2N4O4S. The van der Waals surface area contributed by atoms with Crippen LogP contribution in [0.1, 0.15) is 31.8 Å². The number of Topliss-reactive ketones (excluding diaryl/α,β-unsaturated/α-hetero) is 1. The summed E-state index contributed by atoms with van der Waals surface area (Å²) in [7, 11) is 2.09. The fourth-order valence-corrected chi connectivity index (χ4v) is 5.22. The van der Waals surface area contributed by atoms with Gasteiger partial charge in [-0.1, -0.05) is 30.3 Å². The first kappa shape index (κ1) is 30.0. The number of nitro benzene ring substituents is 1. The molecule has 1 saturated heterocycles. The Hall–Kier alpha value is -3.93. The van der Waals surface area contributed by atoms with Gasteiger partial charge in [0.25, 0.3) is 5.91 Å². The predicted octanol–water partition coefficient (Wildman–Crippen LogP) is 5.01. The monoisotopic (exact) mass is 580 g/mol. The Morgan fingerprint density at radius 1 is 0.976 bits per heavy atom. The van der Waals surface area contributed by atoms with Gasteiger partial charge in [0.1, 0.15) is 5.82 Å². The molecule has 0 atom stereocenters. The highest BCUT2D eigenvalue weighted by Crippen LogP contribution is 2.29. The molecule has 3 aromatic rings. The first-order valence-corrected chi connectivity index (χ1v) is 14.0. The highest BCUT2D eigenvalue weighted by atomic mass is 32.2. The number of nitrogens with zero attached hydrogens (tertiary/aromatic N) is 3. The molecule has 1 fully saturated rings. The van der Waals surface area contributed by atoms with E-state index < -0.39 is 16.4 Å². The number of carbonyl (C=O) groups excluding carboxylic acids is 2. The maximum atomic E-state index is 13.9. The van der Waals surface area contributed by atoms with E-state index in [9.17, 15) is 28.5 Å². The Balaban J connectivity index is 1.47. The number of likely N-dealkylation sites (N-methyl/N-ethyl adjacent to an activating group) is 1. The zero-order chi connectivity index (χ0) is 29.4. The highest BCUT2D eigenvalue weighted by molar-refractivity contribution is 8.03. The van der Waals surface area contributed by atoms with Gasteiger partial charge >= 0.3 is 5.69 Å². The molecule has 0 spiro atoms. The number of nitrogens with one attached hydrogen (secondary N) is 1. The van der Waals surface area contributed by atoms with Crippen LogP contribution in [0.15, 0.2) is 71.6 Å². The number of hydrogen-bond acceptors (Lipinski definition) is 7. The number of nitro groups is 1. The van der Waals surface area contributed by atoms with Gasteiger partial charge in [0, 0.05) is 62.2 Å². The molecule has 1 N–H and O–H groups in total. The number of carbonyl (C=O) groups is 2. The first-order valence-electron chi connectivity index (χ1n) is 13.1. The van der Waals surface area contributed by atoms with Crippen LogP contribution in [0.25, 0.3) is 6.08 Å². The summed E-state index contributed by atoms with van der Waals surface area (Å²) in [6.45, 7) is 5.20. The second-order valence-corrected chi connectivity index (χ2v) is 10.7. The molecule has 0 aromatic heterocycles. The van der Waals surface area contributed by atoms with Crippen molar-refractivity contribution in [2.75, 3.05) is 46.3 Å². The lowest BCUT2D eigenvalue weighted by Gasteiger charge is -2.32. The van der Waals surface area contributed by atoms with E-state index in [0.29, 0.717) is 23.4 Å². The standard InChI is InChI=1S/C30H30F2N4O4S/c1-34-14-16-35(17-15-34)13-12-33-30(38)24-7-5-23(6-8-24)29(37)28(41-20-21-2-9-25(31)10-3-21)19-22-4-11-26(32)27(18-22)36(39)40/h2-11,18-19H,12-17,20H2,1H3,(H,33,38)/b28-19+. The van der Waals surface area contributed by atoms with Crippen molar-refractivity contribution < 1.29 is 23.3 Å². The molecule has 1 aliphatic heterocycles. The lowest BCUT2D eigenvalue weighted by atomic mass is 10.1. The van der Waals surface area contributed by atoms with E-state index >= 15 is 0 Å². The molecule has 0 radical (unpaired) electrons. The highest BCUT2D eigenvalue weighted by Gasteiger charge is 2.18. The Morgan fingerprint density at radius 2 is 1.63 bits per heavy atom. The van der Waals surface area contributed by atoms with Gasteiger partial charge in [-0.2, -0.15) is 4.39 Å². The van der Waals surface area contributed by atoms with Crippen LogP contribution >= 0.6 is 11.8 Å². The molecule has 41 heavy (non-hydrogen) atoms. The third kappa shape index (κ3) is 8.53. The largest absolute Gasteiger partial charge is 0.351 e. The second-order valence-electron chi connectivity index (χ2n) is 9.70. The number of ketones is 1. The summed E-state index contributed by atoms with van der Waals surface area (Å²) in [6, 6.07) is 15.5. The molecule has 0 saturated carbocycles. The van der Waals surface area contributed by atoms with E-state index in [-0.39, 0.29) is 28.0 Å². The predicted molar refractivity (Wildman–Crippen MR) is 156 cm³/mol. The number of piperazine rings is 1. The zero-order valence-corrected chi connectivity index (χ0v) is 23.3. The second kappa shape index (κ2) is 14.1. The lowest BCUT2D eigenvalue weighted by Crippen LogP contribution is -2.46. The Morgan fingerprint density at radius 3 is 2.29 bits per heavy atom. The Labute approximate surface area is 241 Å². The van der Waals surface area contributed by atoms with Gasteiger partial charge in [0.15, 0.2) is 5.78 Å². The Kier molecular flexibility index (Phi) is 10.3. The summed E-state index contributed by atoms with van der Waals surface area (Å²) in [4.78, 5) is 41.3. The van der Waals surface area contributed by atoms with Crippen molar-refractivity contribution in [3.8, 4) is 0 Å². The first-order chi connectivity index (χ1) is 19.7. The lowest BCUT2D eigenvalue weighted by molar-refractivity contribution is -0.387. The molecule has 0 aliphatic carbocycles. The van der Waals surface area contributed by atoms with Gasteiger partial charge in [-0.25, -0.2) is 4.39 Å². The minimum absolute atomic E-state index is 0.238. The number of rotatable bonds is 11. The molecule has 4 rings (SSSR count). The van der Waals surface area contributed by atoms with Gasteiger partial charge in [-0.05, 0) is 54.6 Å². The number of halogens is 2. The smallest absolute Gasteiger partial charge is 0.305 e. The van der Waals surface area contributed by atoms with Gasteiger partial charge in [0.2, 0.25) is 5.82 Å². The van der Waals surface area contributed by atoms with E-state index in [0.717, 1.165) is 50.4 Å². The van der Waals surface area contributed by atoms with Crippen molar-refractivity contribution in [2.45, 2.75) is 5.75 Å². The summed E-state index contributed by atoms with van der Waals surface area (Å²) in [5.74, 6) is -1.64. The molecule has 11 heteroatoms. The molecule has 1 heterocycles. The van der Waals surface area contributed by atoms with Crippen LogP contribution < -0.4 is 5.32 Å². The van der Waals surface area contributed by atoms with Crippen LogP contribution in [0.4, 0.5) is 14.5 Å². The zero-order valence-electron chi connectivity index (χ0n) is 22.5. The molecule has 0 bridgehead atoms. The van der Waals surface area contributed by atoms with Crippen molar-refractivity contribution >= 4 is 35.2 Å². The fourth-order valence-electron chi connectivity index (χ4n) is 4.24. The summed E-state index contributed by atoms with van der Waals surface area (Å²) >= 11 is 1.17. The van der Waals surface area contributed by atoms with Crippen molar-refractivity contribution in [3.05, 3.63) is 116 Å². The quantitative estimate of drug-likeness (QED) is 0.148. The van der Waals surface area contributed by atoms with Crippen LogP contribution in [0.3, 0.4) is 0 Å². The third-order valence-electron chi connectivity index (χ3n) is 6.71. The topological polar surface area (TPSA) is 95.8 Å². The summed E-state index contributed by atoms with van der Waals surface area (Å²) in [6.07, 6.45) is 1.46. The number of amides is 1. The van der Waals surface area contributed by atoms with Gasteiger partial charge in [0.05, 0.1) is 9.83 Å². The van der Waals surface area contributed by atoms with Crippen molar-refractivity contribution in [1.29, 1.82) is 0 Å². The molecular weight excluding hydrogens is 550 g/mol. The molecule has 1 aliphatic rings. The average molecular weight is 581 g/mol. The minimum Gasteiger partial charge on any atom is -0.351 e. The maximum Gasteiger partial charge on any atom is 0.305 e. The van der Waals surface area contributed by atoms with E-state index in [4.69, 9.17) is 0 Å². The summed E-state index contributed by atoms with van der Waals surface area (Å²) < 4.78 is 27.2. The number of hydrogen-bond donors (Lipinski definition) is 1. The van der Waals surface area contributed by atoms with Crippen molar-refractivity contribution in [2.24, 2.45) is 0 Å². The van der Waals surface area contributed by atoms with Crippen LogP contribution in [-0.4, -0.2) is 72.7 Å². The average Bonchev–Trinajstić information content (AvgIpc) is 2.97. The van der Waals surface area contributed by atoms with Crippen molar-refractivity contribution in [1.82, 2.24) is 15.1 Å². The SMILES string of the molecule is CN1CCN(CCNC(=O)c2ccc(C(=O)/C(=C\c3ccc(F)c([N+](=O)[O-])c3)SCc3ccc(F)cc3)cc2)CC1. The van der Waals surface area contributed by atoms with E-state index in [1.165, 1.54) is 36.0 Å². The van der Waals surface area contributed by atoms with Crippen LogP contribution in [0.2, 0.25) is 0 Å². The molecule has 8 nitrogen and oxygen atoms in total. The Bertz CT molecular complexity index is 1420.